The summed E-state index contributed by atoms with van der Waals surface area (Å²) in [5, 5.41) is 22.3. The summed E-state index contributed by atoms with van der Waals surface area (Å²) in [7, 11) is 0. The molecule has 3 saturated heterocycles. The van der Waals surface area contributed by atoms with Gasteiger partial charge in [0.05, 0.1) is 37.5 Å². The van der Waals surface area contributed by atoms with Gasteiger partial charge in [-0.25, -0.2) is 9.59 Å². The number of aliphatic hydroxyl groups is 2. The van der Waals surface area contributed by atoms with Crippen LogP contribution in [0, 0.1) is 56.7 Å². The first kappa shape index (κ1) is 32.6. The van der Waals surface area contributed by atoms with Crippen LogP contribution in [0.3, 0.4) is 0 Å². The van der Waals surface area contributed by atoms with E-state index in [2.05, 4.69) is 48.5 Å². The van der Waals surface area contributed by atoms with Gasteiger partial charge < -0.3 is 34.2 Å². The minimum absolute atomic E-state index is 0.0281. The lowest BCUT2D eigenvalue weighted by molar-refractivity contribution is -0.186. The van der Waals surface area contributed by atoms with E-state index in [1.807, 2.05) is 0 Å². The summed E-state index contributed by atoms with van der Waals surface area (Å²) in [6.07, 6.45) is 7.20. The number of likely N-dealkylation sites (tertiary alicyclic amines) is 2. The number of β-amino-alcohol motifs (C(OH)–C–C–N with tert-alkyl or cyclic N) is 1. The first-order valence-corrected chi connectivity index (χ1v) is 19.0. The molecule has 9 heteroatoms. The number of fused-ring (bicyclic) bond motifs is 4. The van der Waals surface area contributed by atoms with Crippen LogP contribution in [-0.4, -0.2) is 95.0 Å². The molecule has 0 aromatic rings. The van der Waals surface area contributed by atoms with Gasteiger partial charge in [0.2, 0.25) is 0 Å². The van der Waals surface area contributed by atoms with Gasteiger partial charge in [0.1, 0.15) is 12.2 Å². The summed E-state index contributed by atoms with van der Waals surface area (Å²) in [4.78, 5) is 29.2. The third kappa shape index (κ3) is 4.17. The summed E-state index contributed by atoms with van der Waals surface area (Å²) in [5.41, 5.74) is 0.0591. The van der Waals surface area contributed by atoms with E-state index < -0.39 is 12.2 Å². The Balaban J connectivity index is 1.03. The maximum absolute atomic E-state index is 12.9. The molecule has 2 amide bonds. The lowest BCUT2D eigenvalue weighted by Gasteiger charge is -2.63. The molecule has 47 heavy (non-hydrogen) atoms. The maximum Gasteiger partial charge on any atom is 0.410 e. The zero-order chi connectivity index (χ0) is 33.5. The minimum Gasteiger partial charge on any atom is -0.446 e. The topological polar surface area (TPSA) is 109 Å². The predicted molar refractivity (Wildman–Crippen MR) is 175 cm³/mol. The van der Waals surface area contributed by atoms with Crippen LogP contribution in [0.15, 0.2) is 0 Å². The van der Waals surface area contributed by atoms with Crippen molar-refractivity contribution < 1.29 is 34.0 Å². The lowest BCUT2D eigenvalue weighted by atomic mass is 9.41. The number of hydrogen-bond donors (Lipinski definition) is 2. The van der Waals surface area contributed by atoms with E-state index in [0.717, 1.165) is 58.0 Å². The summed E-state index contributed by atoms with van der Waals surface area (Å²) in [5.74, 6) is 1.68. The molecule has 2 spiro atoms. The van der Waals surface area contributed by atoms with Crippen molar-refractivity contribution in [3.63, 3.8) is 0 Å². The molecule has 8 fully saturated rings. The molecule has 3 heterocycles. The van der Waals surface area contributed by atoms with Gasteiger partial charge in [-0.05, 0) is 104 Å². The van der Waals surface area contributed by atoms with Crippen molar-refractivity contribution in [1.29, 1.82) is 0 Å². The second-order valence-electron chi connectivity index (χ2n) is 18.9. The van der Waals surface area contributed by atoms with Crippen molar-refractivity contribution >= 4 is 12.2 Å². The van der Waals surface area contributed by atoms with Crippen LogP contribution < -0.4 is 0 Å². The molecule has 0 aromatic carbocycles. The molecule has 8 rings (SSSR count). The second kappa shape index (κ2) is 10.5. The number of aliphatic hydroxyl groups excluding tert-OH is 2. The van der Waals surface area contributed by atoms with E-state index in [-0.39, 0.29) is 75.5 Å². The number of nitrogens with zero attached hydrogens (tertiary/aromatic N) is 2. The number of carbonyl (C=O) groups is 2. The van der Waals surface area contributed by atoms with Crippen molar-refractivity contribution in [3.05, 3.63) is 0 Å². The summed E-state index contributed by atoms with van der Waals surface area (Å²) < 4.78 is 19.3. The first-order valence-electron chi connectivity index (χ1n) is 19.0. The molecule has 0 bridgehead atoms. The Morgan fingerprint density at radius 1 is 0.894 bits per heavy atom. The first-order chi connectivity index (χ1) is 22.1. The lowest BCUT2D eigenvalue weighted by Crippen LogP contribution is -2.60. The fourth-order valence-corrected chi connectivity index (χ4v) is 13.9. The molecule has 8 aliphatic rings. The normalized spacial score (nSPS) is 50.1. The van der Waals surface area contributed by atoms with E-state index in [4.69, 9.17) is 14.2 Å². The average molecular weight is 657 g/mol. The molecular formula is C38H60N2O7. The predicted octanol–water partition coefficient (Wildman–Crippen LogP) is 5.85. The number of amides is 2. The quantitative estimate of drug-likeness (QED) is 0.391. The smallest absolute Gasteiger partial charge is 0.410 e. The molecular weight excluding hydrogens is 596 g/mol. The third-order valence-electron chi connectivity index (χ3n) is 16.5. The summed E-state index contributed by atoms with van der Waals surface area (Å²) in [6.45, 7) is 18.4. The maximum atomic E-state index is 12.9. The van der Waals surface area contributed by atoms with Crippen molar-refractivity contribution in [2.75, 3.05) is 26.2 Å². The van der Waals surface area contributed by atoms with Crippen molar-refractivity contribution in [2.24, 2.45) is 56.7 Å². The van der Waals surface area contributed by atoms with Gasteiger partial charge >= 0.3 is 12.2 Å². The molecule has 9 nitrogen and oxygen atoms in total. The van der Waals surface area contributed by atoms with Crippen LogP contribution >= 0.6 is 0 Å². The Labute approximate surface area is 281 Å². The molecule has 0 radical (unpaired) electrons. The van der Waals surface area contributed by atoms with Crippen LogP contribution in [0.5, 0.6) is 0 Å². The molecule has 264 valence electrons. The zero-order valence-corrected chi connectivity index (χ0v) is 29.9. The van der Waals surface area contributed by atoms with Gasteiger partial charge in [-0.15, -0.1) is 0 Å². The van der Waals surface area contributed by atoms with E-state index in [9.17, 15) is 19.8 Å². The molecule has 0 aromatic heterocycles. The number of ether oxygens (including phenoxy) is 3. The molecule has 5 aliphatic carbocycles. The Morgan fingerprint density at radius 3 is 2.21 bits per heavy atom. The van der Waals surface area contributed by atoms with Crippen LogP contribution in [0.4, 0.5) is 9.59 Å². The third-order valence-corrected chi connectivity index (χ3v) is 16.5. The molecule has 3 aliphatic heterocycles. The number of carbonyl (C=O) groups excluding carboxylic acids is 2. The van der Waals surface area contributed by atoms with Crippen molar-refractivity contribution in [2.45, 2.75) is 143 Å². The van der Waals surface area contributed by atoms with Crippen LogP contribution in [-0.2, 0) is 14.2 Å². The SMILES string of the molecule is CC(C)C(OC(=O)N1CCC1)C1C[C@@H](C)[C@H]2C(O1)[C@H](O)[C@@]1(C)C3CC[C@H]4C(C)(C)C(OC(=O)N5CC(O)C5)CCC45CC35CCC21C. The van der Waals surface area contributed by atoms with E-state index in [1.54, 1.807) is 9.80 Å². The monoisotopic (exact) mass is 656 g/mol. The highest BCUT2D eigenvalue weighted by Gasteiger charge is 2.84. The second-order valence-corrected chi connectivity index (χ2v) is 18.9. The number of hydrogen-bond acceptors (Lipinski definition) is 7. The van der Waals surface area contributed by atoms with Gasteiger partial charge in [-0.2, -0.15) is 0 Å². The fourth-order valence-electron chi connectivity index (χ4n) is 13.9. The van der Waals surface area contributed by atoms with Crippen LogP contribution in [0.1, 0.15) is 106 Å². The van der Waals surface area contributed by atoms with Crippen LogP contribution in [0.2, 0.25) is 0 Å². The Morgan fingerprint density at radius 2 is 1.57 bits per heavy atom. The summed E-state index contributed by atoms with van der Waals surface area (Å²) in [6, 6.07) is 0. The van der Waals surface area contributed by atoms with Gasteiger partial charge in [-0.1, -0.05) is 48.5 Å². The molecule has 8 unspecified atom stereocenters. The van der Waals surface area contributed by atoms with Crippen LogP contribution in [0.25, 0.3) is 0 Å². The zero-order valence-electron chi connectivity index (χ0n) is 29.9. The van der Waals surface area contributed by atoms with Gasteiger partial charge in [-0.3, -0.25) is 0 Å². The van der Waals surface area contributed by atoms with Crippen molar-refractivity contribution in [3.8, 4) is 0 Å². The van der Waals surface area contributed by atoms with Crippen molar-refractivity contribution in [1.82, 2.24) is 9.80 Å². The van der Waals surface area contributed by atoms with E-state index in [1.165, 1.54) is 12.8 Å². The van der Waals surface area contributed by atoms with Gasteiger partial charge in [0.15, 0.2) is 0 Å². The summed E-state index contributed by atoms with van der Waals surface area (Å²) >= 11 is 0. The Hall–Kier alpha value is -1.58. The number of rotatable bonds is 4. The van der Waals surface area contributed by atoms with E-state index >= 15 is 0 Å². The fraction of sp³-hybridized carbons (Fsp3) is 0.947. The Bertz CT molecular complexity index is 1300. The highest BCUT2D eigenvalue weighted by Crippen LogP contribution is 2.89. The molecule has 5 saturated carbocycles. The van der Waals surface area contributed by atoms with Gasteiger partial charge in [0, 0.05) is 23.9 Å². The minimum atomic E-state index is -0.560. The average Bonchev–Trinajstić information content (AvgIpc) is 3.59. The molecule has 13 atom stereocenters. The largest absolute Gasteiger partial charge is 0.446 e. The Kier molecular flexibility index (Phi) is 7.27. The van der Waals surface area contributed by atoms with Gasteiger partial charge in [0.25, 0.3) is 0 Å². The molecule has 2 N–H and O–H groups in total. The highest BCUT2D eigenvalue weighted by atomic mass is 16.6. The van der Waals surface area contributed by atoms with E-state index in [0.29, 0.717) is 30.8 Å². The highest BCUT2D eigenvalue weighted by molar-refractivity contribution is 5.69. The standard InChI is InChI=1S/C38H60N2O7/c1-21(2)29(47-32(43)39-15-8-16-39)24-17-22(3)28-30(45-24)31(42)36(7)26-10-9-25-34(4,5)27(46-33(44)40-18-23(41)19-40)11-12-37(25)20-38(26,37)14-13-35(28,36)6/h21-31,41-42H,8-20H2,1-7H3/t22-,24?,25+,26?,27?,28+,29?,30?,31+,35?,36-,37?,38?/m1/s1.